The molecular weight excluding hydrogens is 336 g/mol. The van der Waals surface area contributed by atoms with Crippen LogP contribution in [0.1, 0.15) is 42.5 Å². The molecule has 0 bridgehead atoms. The number of Topliss-reactive ketones (excluding diaryl/α,β-unsaturated/α-hetero) is 1. The predicted octanol–water partition coefficient (Wildman–Crippen LogP) is 4.05. The molecule has 0 saturated heterocycles. The summed E-state index contributed by atoms with van der Waals surface area (Å²) in [5.41, 5.74) is 10.2. The maximum absolute atomic E-state index is 12.4. The van der Waals surface area contributed by atoms with Gasteiger partial charge in [0.15, 0.2) is 5.78 Å². The van der Waals surface area contributed by atoms with Crippen molar-refractivity contribution in [2.45, 2.75) is 37.6 Å². The second-order valence-electron chi connectivity index (χ2n) is 7.25. The minimum absolute atomic E-state index is 0.0160. The van der Waals surface area contributed by atoms with E-state index in [0.29, 0.717) is 6.42 Å². The Morgan fingerprint density at radius 2 is 1.70 bits per heavy atom. The molecule has 3 aromatic rings. The number of rotatable bonds is 7. The van der Waals surface area contributed by atoms with Gasteiger partial charge in [0.1, 0.15) is 0 Å². The summed E-state index contributed by atoms with van der Waals surface area (Å²) < 4.78 is 0. The van der Waals surface area contributed by atoms with Crippen molar-refractivity contribution in [1.29, 1.82) is 0 Å². The van der Waals surface area contributed by atoms with E-state index in [1.807, 2.05) is 36.4 Å². The average molecular weight is 358 g/mol. The van der Waals surface area contributed by atoms with E-state index in [-0.39, 0.29) is 11.3 Å². The number of hydrogen-bond donors (Lipinski definition) is 1. The summed E-state index contributed by atoms with van der Waals surface area (Å²) in [6.45, 7) is 0. The normalized spacial score (nSPS) is 14.7. The number of nitrogens with two attached hydrogens (primary N) is 1. The van der Waals surface area contributed by atoms with Gasteiger partial charge in [0.25, 0.3) is 0 Å². The highest BCUT2D eigenvalue weighted by molar-refractivity contribution is 5.96. The molecule has 0 amide bonds. The zero-order chi connectivity index (χ0) is 18.7. The van der Waals surface area contributed by atoms with E-state index in [0.717, 1.165) is 53.8 Å². The van der Waals surface area contributed by atoms with Crippen LogP contribution in [0.15, 0.2) is 61.2 Å². The van der Waals surface area contributed by atoms with Crippen molar-refractivity contribution in [3.05, 3.63) is 66.7 Å². The van der Waals surface area contributed by atoms with Gasteiger partial charge in [0.2, 0.25) is 0 Å². The number of aromatic nitrogens is 3. The maximum atomic E-state index is 12.4. The molecule has 1 aliphatic carbocycles. The van der Waals surface area contributed by atoms with E-state index < -0.39 is 0 Å². The molecule has 27 heavy (non-hydrogen) atoms. The van der Waals surface area contributed by atoms with Crippen molar-refractivity contribution in [2.24, 2.45) is 5.73 Å². The fourth-order valence-corrected chi connectivity index (χ4v) is 3.14. The quantitative estimate of drug-likeness (QED) is 0.644. The van der Waals surface area contributed by atoms with E-state index in [4.69, 9.17) is 5.73 Å². The first kappa shape index (κ1) is 17.5. The predicted molar refractivity (Wildman–Crippen MR) is 105 cm³/mol. The van der Waals surface area contributed by atoms with Crippen molar-refractivity contribution >= 4 is 5.78 Å². The molecule has 0 spiro atoms. The SMILES string of the molecule is NC1(CCCC(=O)c2ccc(-c3cncc(-c4cccnc4)n3)cc2)CC1. The zero-order valence-electron chi connectivity index (χ0n) is 15.1. The fourth-order valence-electron chi connectivity index (χ4n) is 3.14. The molecule has 0 aliphatic heterocycles. The van der Waals surface area contributed by atoms with Crippen molar-refractivity contribution in [2.75, 3.05) is 0 Å². The number of ketones is 1. The van der Waals surface area contributed by atoms with Gasteiger partial charge in [-0.3, -0.25) is 14.8 Å². The summed E-state index contributed by atoms with van der Waals surface area (Å²) in [5.74, 6) is 0.168. The van der Waals surface area contributed by atoms with Crippen LogP contribution in [0.2, 0.25) is 0 Å². The summed E-state index contributed by atoms with van der Waals surface area (Å²) in [5, 5.41) is 0. The van der Waals surface area contributed by atoms with Crippen LogP contribution in [0.3, 0.4) is 0 Å². The largest absolute Gasteiger partial charge is 0.325 e. The van der Waals surface area contributed by atoms with Crippen LogP contribution in [0.5, 0.6) is 0 Å². The van der Waals surface area contributed by atoms with E-state index >= 15 is 0 Å². The van der Waals surface area contributed by atoms with Crippen LogP contribution in [-0.2, 0) is 0 Å². The molecule has 5 heteroatoms. The van der Waals surface area contributed by atoms with Gasteiger partial charge >= 0.3 is 0 Å². The van der Waals surface area contributed by atoms with E-state index in [1.165, 1.54) is 0 Å². The molecule has 2 N–H and O–H groups in total. The Morgan fingerprint density at radius 3 is 2.37 bits per heavy atom. The molecule has 1 aliphatic rings. The molecule has 2 heterocycles. The molecule has 1 aromatic carbocycles. The molecule has 0 unspecified atom stereocenters. The lowest BCUT2D eigenvalue weighted by Crippen LogP contribution is -2.21. The number of hydrogen-bond acceptors (Lipinski definition) is 5. The second kappa shape index (κ2) is 7.37. The molecule has 1 fully saturated rings. The summed E-state index contributed by atoms with van der Waals surface area (Å²) in [7, 11) is 0. The summed E-state index contributed by atoms with van der Waals surface area (Å²) in [6, 6.07) is 11.4. The standard InChI is InChI=1S/C22H22N4O/c23-22(10-11-22)9-1-4-21(27)17-7-5-16(6-8-17)19-14-25-15-20(26-19)18-3-2-12-24-13-18/h2-3,5-8,12-15H,1,4,9-11,23H2. The first-order chi connectivity index (χ1) is 13.1. The zero-order valence-corrected chi connectivity index (χ0v) is 15.1. The second-order valence-corrected chi connectivity index (χ2v) is 7.25. The van der Waals surface area contributed by atoms with E-state index in [9.17, 15) is 4.79 Å². The molecule has 0 atom stereocenters. The Hall–Kier alpha value is -2.92. The number of carbonyl (C=O) groups is 1. The Bertz CT molecular complexity index is 934. The van der Waals surface area contributed by atoms with Gasteiger partial charge in [-0.15, -0.1) is 0 Å². The lowest BCUT2D eigenvalue weighted by molar-refractivity contribution is 0.0978. The first-order valence-corrected chi connectivity index (χ1v) is 9.28. The maximum Gasteiger partial charge on any atom is 0.162 e. The van der Waals surface area contributed by atoms with Gasteiger partial charge in [0, 0.05) is 41.0 Å². The lowest BCUT2D eigenvalue weighted by Gasteiger charge is -2.08. The van der Waals surface area contributed by atoms with Gasteiger partial charge in [0.05, 0.1) is 23.8 Å². The Labute approximate surface area is 158 Å². The Balaban J connectivity index is 1.45. The van der Waals surface area contributed by atoms with Crippen LogP contribution in [-0.4, -0.2) is 26.3 Å². The van der Waals surface area contributed by atoms with Crippen LogP contribution >= 0.6 is 0 Å². The fraction of sp³-hybridized carbons (Fsp3) is 0.273. The van der Waals surface area contributed by atoms with Crippen LogP contribution in [0, 0.1) is 0 Å². The summed E-state index contributed by atoms with van der Waals surface area (Å²) in [4.78, 5) is 25.5. The van der Waals surface area contributed by atoms with Crippen molar-refractivity contribution in [1.82, 2.24) is 15.0 Å². The third-order valence-electron chi connectivity index (χ3n) is 5.07. The highest BCUT2D eigenvalue weighted by atomic mass is 16.1. The van der Waals surface area contributed by atoms with Gasteiger partial charge < -0.3 is 5.73 Å². The number of nitrogens with zero attached hydrogens (tertiary/aromatic N) is 3. The molecule has 5 nitrogen and oxygen atoms in total. The van der Waals surface area contributed by atoms with Gasteiger partial charge in [-0.1, -0.05) is 24.3 Å². The number of pyridine rings is 1. The monoisotopic (exact) mass is 358 g/mol. The minimum Gasteiger partial charge on any atom is -0.325 e. The summed E-state index contributed by atoms with van der Waals surface area (Å²) in [6.07, 6.45) is 11.5. The van der Waals surface area contributed by atoms with Crippen molar-refractivity contribution in [3.63, 3.8) is 0 Å². The average Bonchev–Trinajstić information content (AvgIpc) is 3.46. The third kappa shape index (κ3) is 4.26. The van der Waals surface area contributed by atoms with Crippen LogP contribution in [0.25, 0.3) is 22.5 Å². The molecular formula is C22H22N4O. The molecule has 136 valence electrons. The van der Waals surface area contributed by atoms with Gasteiger partial charge in [-0.05, 0) is 37.8 Å². The van der Waals surface area contributed by atoms with Crippen LogP contribution < -0.4 is 5.73 Å². The van der Waals surface area contributed by atoms with Crippen molar-refractivity contribution in [3.8, 4) is 22.5 Å². The number of carbonyl (C=O) groups excluding carboxylic acids is 1. The topological polar surface area (TPSA) is 81.8 Å². The third-order valence-corrected chi connectivity index (χ3v) is 5.07. The highest BCUT2D eigenvalue weighted by Gasteiger charge is 2.37. The van der Waals surface area contributed by atoms with Crippen LogP contribution in [0.4, 0.5) is 0 Å². The Kier molecular flexibility index (Phi) is 4.77. The summed E-state index contributed by atoms with van der Waals surface area (Å²) >= 11 is 0. The van der Waals surface area contributed by atoms with Crippen molar-refractivity contribution < 1.29 is 4.79 Å². The molecule has 0 radical (unpaired) electrons. The number of benzene rings is 1. The minimum atomic E-state index is 0.0160. The molecule has 2 aromatic heterocycles. The van der Waals surface area contributed by atoms with E-state index in [2.05, 4.69) is 15.0 Å². The van der Waals surface area contributed by atoms with Gasteiger partial charge in [-0.2, -0.15) is 0 Å². The smallest absolute Gasteiger partial charge is 0.162 e. The highest BCUT2D eigenvalue weighted by Crippen LogP contribution is 2.37. The molecule has 1 saturated carbocycles. The van der Waals surface area contributed by atoms with E-state index in [1.54, 1.807) is 24.8 Å². The lowest BCUT2D eigenvalue weighted by atomic mass is 10.0. The van der Waals surface area contributed by atoms with Gasteiger partial charge in [-0.25, -0.2) is 4.98 Å². The molecule has 4 rings (SSSR count). The first-order valence-electron chi connectivity index (χ1n) is 9.28. The Morgan fingerprint density at radius 1 is 0.963 bits per heavy atom.